The summed E-state index contributed by atoms with van der Waals surface area (Å²) in [6.07, 6.45) is 5.76. The quantitative estimate of drug-likeness (QED) is 0.672. The lowest BCUT2D eigenvalue weighted by atomic mass is 10.0. The summed E-state index contributed by atoms with van der Waals surface area (Å²) in [5, 5.41) is 4.46. The van der Waals surface area contributed by atoms with Crippen molar-refractivity contribution in [3.05, 3.63) is 35.9 Å². The Labute approximate surface area is 179 Å². The summed E-state index contributed by atoms with van der Waals surface area (Å²) >= 11 is 0. The average Bonchev–Trinajstić information content (AvgIpc) is 3.44. The highest BCUT2D eigenvalue weighted by Crippen LogP contribution is 2.34. The van der Waals surface area contributed by atoms with Gasteiger partial charge in [0.1, 0.15) is 5.69 Å². The van der Waals surface area contributed by atoms with Gasteiger partial charge in [0.05, 0.1) is 18.2 Å². The molecule has 6 heteroatoms. The van der Waals surface area contributed by atoms with Gasteiger partial charge < -0.3 is 19.1 Å². The van der Waals surface area contributed by atoms with Gasteiger partial charge in [-0.25, -0.2) is 0 Å². The Morgan fingerprint density at radius 1 is 1.17 bits per heavy atom. The second kappa shape index (κ2) is 9.65. The van der Waals surface area contributed by atoms with Gasteiger partial charge >= 0.3 is 0 Å². The maximum absolute atomic E-state index is 13.1. The van der Waals surface area contributed by atoms with E-state index in [2.05, 4.69) is 22.2 Å². The summed E-state index contributed by atoms with van der Waals surface area (Å²) in [6.45, 7) is 7.77. The van der Waals surface area contributed by atoms with E-state index >= 15 is 0 Å². The van der Waals surface area contributed by atoms with E-state index < -0.39 is 0 Å². The van der Waals surface area contributed by atoms with Crippen molar-refractivity contribution in [1.82, 2.24) is 10.1 Å². The summed E-state index contributed by atoms with van der Waals surface area (Å²) in [5.74, 6) is 0.905. The van der Waals surface area contributed by atoms with Crippen molar-refractivity contribution in [1.29, 1.82) is 0 Å². The molecule has 0 saturated carbocycles. The highest BCUT2D eigenvalue weighted by Gasteiger charge is 2.30. The molecule has 2 aliphatic heterocycles. The Balaban J connectivity index is 1.67. The van der Waals surface area contributed by atoms with Crippen molar-refractivity contribution in [2.24, 2.45) is 5.92 Å². The number of anilines is 1. The third kappa shape index (κ3) is 4.69. The van der Waals surface area contributed by atoms with Gasteiger partial charge in [-0.3, -0.25) is 4.79 Å². The van der Waals surface area contributed by atoms with E-state index in [0.717, 1.165) is 68.1 Å². The molecule has 0 N–H and O–H groups in total. The van der Waals surface area contributed by atoms with E-state index in [1.165, 1.54) is 6.42 Å². The first kappa shape index (κ1) is 20.9. The number of ether oxygens (including phenoxy) is 1. The van der Waals surface area contributed by atoms with Crippen LogP contribution in [0.25, 0.3) is 11.3 Å². The Morgan fingerprint density at radius 2 is 1.93 bits per heavy atom. The monoisotopic (exact) mass is 411 g/mol. The number of aromatic nitrogens is 1. The smallest absolute Gasteiger partial charge is 0.232 e. The van der Waals surface area contributed by atoms with Crippen LogP contribution in [0.3, 0.4) is 0 Å². The number of benzene rings is 1. The van der Waals surface area contributed by atoms with Gasteiger partial charge in [-0.15, -0.1) is 0 Å². The number of rotatable bonds is 7. The molecule has 0 bridgehead atoms. The van der Waals surface area contributed by atoms with Gasteiger partial charge in [-0.05, 0) is 32.1 Å². The number of hydrogen-bond acceptors (Lipinski definition) is 5. The molecular formula is C24H33N3O3. The molecule has 4 rings (SSSR count). The Hall–Kier alpha value is -2.34. The standard InChI is InChI=1S/C24H33N3O3/c1-18(2)23(28)27(16-20-12-9-15-29-20)17-21-22(19-10-5-3-6-11-19)25-30-24(21)26-13-7-4-8-14-26/h3,5-6,10-11,18,20H,4,7-9,12-17H2,1-2H3. The van der Waals surface area contributed by atoms with Gasteiger partial charge in [-0.2, -0.15) is 0 Å². The number of carbonyl (C=O) groups excluding carboxylic acids is 1. The molecule has 2 saturated heterocycles. The lowest BCUT2D eigenvalue weighted by molar-refractivity contribution is -0.136. The molecule has 1 aromatic carbocycles. The first-order chi connectivity index (χ1) is 14.6. The van der Waals surface area contributed by atoms with Crippen molar-refractivity contribution in [3.63, 3.8) is 0 Å². The maximum Gasteiger partial charge on any atom is 0.232 e. The first-order valence-electron chi connectivity index (χ1n) is 11.3. The predicted octanol–water partition coefficient (Wildman–Crippen LogP) is 4.50. The van der Waals surface area contributed by atoms with Gasteiger partial charge in [0, 0.05) is 37.7 Å². The SMILES string of the molecule is CC(C)C(=O)N(Cc1c(-c2ccccc2)noc1N1CCCCC1)CC1CCCO1. The lowest BCUT2D eigenvalue weighted by Gasteiger charge is -2.30. The molecule has 0 radical (unpaired) electrons. The van der Waals surface area contributed by atoms with Gasteiger partial charge in [0.2, 0.25) is 11.8 Å². The summed E-state index contributed by atoms with van der Waals surface area (Å²) in [6, 6.07) is 10.1. The Kier molecular flexibility index (Phi) is 6.72. The third-order valence-electron chi connectivity index (χ3n) is 6.06. The van der Waals surface area contributed by atoms with E-state index in [0.29, 0.717) is 13.1 Å². The van der Waals surface area contributed by atoms with E-state index in [-0.39, 0.29) is 17.9 Å². The number of carbonyl (C=O) groups is 1. The van der Waals surface area contributed by atoms with Crippen LogP contribution in [0, 0.1) is 5.92 Å². The largest absolute Gasteiger partial charge is 0.376 e. The topological polar surface area (TPSA) is 58.8 Å². The molecule has 2 aromatic rings. The molecular weight excluding hydrogens is 378 g/mol. The zero-order chi connectivity index (χ0) is 20.9. The van der Waals surface area contributed by atoms with E-state index in [1.807, 2.05) is 36.9 Å². The van der Waals surface area contributed by atoms with Crippen molar-refractivity contribution in [2.75, 3.05) is 31.1 Å². The van der Waals surface area contributed by atoms with Crippen LogP contribution >= 0.6 is 0 Å². The number of piperidine rings is 1. The Bertz CT molecular complexity index is 821. The van der Waals surface area contributed by atoms with Crippen LogP contribution in [0.2, 0.25) is 0 Å². The van der Waals surface area contributed by atoms with Crippen molar-refractivity contribution in [3.8, 4) is 11.3 Å². The molecule has 0 spiro atoms. The highest BCUT2D eigenvalue weighted by molar-refractivity contribution is 5.79. The summed E-state index contributed by atoms with van der Waals surface area (Å²) in [5.41, 5.74) is 2.87. The van der Waals surface area contributed by atoms with Crippen LogP contribution in [-0.4, -0.2) is 48.3 Å². The second-order valence-electron chi connectivity index (χ2n) is 8.74. The van der Waals surface area contributed by atoms with Crippen LogP contribution in [0.4, 0.5) is 5.88 Å². The molecule has 6 nitrogen and oxygen atoms in total. The Morgan fingerprint density at radius 3 is 2.60 bits per heavy atom. The molecule has 2 aliphatic rings. The molecule has 2 fully saturated rings. The van der Waals surface area contributed by atoms with Gasteiger partial charge in [-0.1, -0.05) is 49.3 Å². The molecule has 1 atom stereocenters. The number of hydrogen-bond donors (Lipinski definition) is 0. The fraction of sp³-hybridized carbons (Fsp3) is 0.583. The zero-order valence-corrected chi connectivity index (χ0v) is 18.2. The molecule has 0 aliphatic carbocycles. The first-order valence-corrected chi connectivity index (χ1v) is 11.3. The molecule has 162 valence electrons. The van der Waals surface area contributed by atoms with E-state index in [1.54, 1.807) is 0 Å². The predicted molar refractivity (Wildman–Crippen MR) is 117 cm³/mol. The highest BCUT2D eigenvalue weighted by atomic mass is 16.5. The molecule has 1 amide bonds. The normalized spacial score (nSPS) is 19.4. The summed E-state index contributed by atoms with van der Waals surface area (Å²) in [7, 11) is 0. The van der Waals surface area contributed by atoms with Crippen LogP contribution in [0.1, 0.15) is 51.5 Å². The summed E-state index contributed by atoms with van der Waals surface area (Å²) in [4.78, 5) is 17.3. The average molecular weight is 412 g/mol. The minimum atomic E-state index is -0.0649. The van der Waals surface area contributed by atoms with Crippen LogP contribution in [0.5, 0.6) is 0 Å². The summed E-state index contributed by atoms with van der Waals surface area (Å²) < 4.78 is 11.8. The molecule has 1 unspecified atom stereocenters. The number of amides is 1. The van der Waals surface area contributed by atoms with Crippen molar-refractivity contribution >= 4 is 11.8 Å². The van der Waals surface area contributed by atoms with Crippen LogP contribution < -0.4 is 4.90 Å². The maximum atomic E-state index is 13.1. The minimum Gasteiger partial charge on any atom is -0.376 e. The van der Waals surface area contributed by atoms with Crippen LogP contribution in [-0.2, 0) is 16.1 Å². The van der Waals surface area contributed by atoms with Gasteiger partial charge in [0.15, 0.2) is 0 Å². The second-order valence-corrected chi connectivity index (χ2v) is 8.74. The van der Waals surface area contributed by atoms with Crippen molar-refractivity contribution < 1.29 is 14.1 Å². The van der Waals surface area contributed by atoms with Crippen molar-refractivity contribution in [2.45, 2.75) is 58.6 Å². The molecule has 1 aromatic heterocycles. The molecule has 30 heavy (non-hydrogen) atoms. The molecule has 3 heterocycles. The van der Waals surface area contributed by atoms with E-state index in [4.69, 9.17) is 9.26 Å². The van der Waals surface area contributed by atoms with Crippen LogP contribution in [0.15, 0.2) is 34.9 Å². The fourth-order valence-electron chi connectivity index (χ4n) is 4.43. The lowest BCUT2D eigenvalue weighted by Crippen LogP contribution is -2.39. The van der Waals surface area contributed by atoms with E-state index in [9.17, 15) is 4.79 Å². The fourth-order valence-corrected chi connectivity index (χ4v) is 4.43. The third-order valence-corrected chi connectivity index (χ3v) is 6.06. The van der Waals surface area contributed by atoms with Gasteiger partial charge in [0.25, 0.3) is 0 Å². The zero-order valence-electron chi connectivity index (χ0n) is 18.2. The number of nitrogens with zero attached hydrogens (tertiary/aromatic N) is 3. The minimum absolute atomic E-state index is 0.0649.